The highest BCUT2D eigenvalue weighted by molar-refractivity contribution is 5.83. The minimum absolute atomic E-state index is 0.0412. The summed E-state index contributed by atoms with van der Waals surface area (Å²) >= 11 is 0. The third-order valence-corrected chi connectivity index (χ3v) is 1.70. The number of nitrogens with two attached hydrogens (primary N) is 2. The number of primary amides is 1. The van der Waals surface area contributed by atoms with Gasteiger partial charge in [0.05, 0.1) is 6.04 Å². The Balaban J connectivity index is 3.50. The van der Waals surface area contributed by atoms with E-state index in [2.05, 4.69) is 0 Å². The SMILES string of the molecule is CCC(=O)[C@H](N)CCCC(N)=O. The molecule has 0 radical (unpaired) electrons. The molecule has 4 heteroatoms. The Morgan fingerprint density at radius 3 is 2.42 bits per heavy atom. The summed E-state index contributed by atoms with van der Waals surface area (Å²) < 4.78 is 0. The molecule has 0 fully saturated rings. The number of carbonyl (C=O) groups is 2. The van der Waals surface area contributed by atoms with Crippen LogP contribution in [0.25, 0.3) is 0 Å². The van der Waals surface area contributed by atoms with Crippen LogP contribution in [0.4, 0.5) is 0 Å². The molecule has 0 saturated carbocycles. The summed E-state index contributed by atoms with van der Waals surface area (Å²) in [5.74, 6) is -0.300. The number of hydrogen-bond donors (Lipinski definition) is 2. The minimum atomic E-state index is -0.422. The lowest BCUT2D eigenvalue weighted by Crippen LogP contribution is -2.30. The quantitative estimate of drug-likeness (QED) is 0.589. The Hall–Kier alpha value is -0.900. The van der Waals surface area contributed by atoms with Crippen LogP contribution in [0.15, 0.2) is 0 Å². The molecular formula is C8H16N2O2. The third kappa shape index (κ3) is 4.85. The molecule has 12 heavy (non-hydrogen) atoms. The van der Waals surface area contributed by atoms with Gasteiger partial charge in [0.2, 0.25) is 5.91 Å². The molecule has 70 valence electrons. The highest BCUT2D eigenvalue weighted by Gasteiger charge is 2.10. The lowest BCUT2D eigenvalue weighted by Gasteiger charge is -2.07. The summed E-state index contributed by atoms with van der Waals surface area (Å²) in [5, 5.41) is 0. The van der Waals surface area contributed by atoms with E-state index in [9.17, 15) is 9.59 Å². The van der Waals surface area contributed by atoms with Crippen molar-refractivity contribution in [2.24, 2.45) is 11.5 Å². The molecule has 0 unspecified atom stereocenters. The molecular weight excluding hydrogens is 156 g/mol. The van der Waals surface area contributed by atoms with Crippen LogP contribution in [0.5, 0.6) is 0 Å². The first-order valence-corrected chi connectivity index (χ1v) is 4.14. The molecule has 4 nitrogen and oxygen atoms in total. The monoisotopic (exact) mass is 172 g/mol. The summed E-state index contributed by atoms with van der Waals surface area (Å²) in [6.07, 6.45) is 1.92. The first-order valence-electron chi connectivity index (χ1n) is 4.14. The van der Waals surface area contributed by atoms with E-state index in [1.54, 1.807) is 6.92 Å². The van der Waals surface area contributed by atoms with E-state index in [4.69, 9.17) is 11.5 Å². The molecule has 1 amide bonds. The smallest absolute Gasteiger partial charge is 0.217 e. The van der Waals surface area contributed by atoms with E-state index in [-0.39, 0.29) is 11.7 Å². The maximum Gasteiger partial charge on any atom is 0.217 e. The van der Waals surface area contributed by atoms with Gasteiger partial charge < -0.3 is 11.5 Å². The lowest BCUT2D eigenvalue weighted by atomic mass is 10.0. The lowest BCUT2D eigenvalue weighted by molar-refractivity contribution is -0.121. The average molecular weight is 172 g/mol. The van der Waals surface area contributed by atoms with Crippen molar-refractivity contribution in [1.29, 1.82) is 0 Å². The van der Waals surface area contributed by atoms with E-state index in [0.29, 0.717) is 25.7 Å². The standard InChI is InChI=1S/C8H16N2O2/c1-2-7(11)6(9)4-3-5-8(10)12/h6H,2-5,9H2,1H3,(H2,10,12)/t6-/m1/s1. The third-order valence-electron chi connectivity index (χ3n) is 1.70. The first-order chi connectivity index (χ1) is 5.57. The second-order valence-corrected chi connectivity index (χ2v) is 2.78. The first kappa shape index (κ1) is 11.1. The van der Waals surface area contributed by atoms with Crippen LogP contribution in [0.1, 0.15) is 32.6 Å². The van der Waals surface area contributed by atoms with Gasteiger partial charge in [0, 0.05) is 12.8 Å². The van der Waals surface area contributed by atoms with Gasteiger partial charge in [-0.15, -0.1) is 0 Å². The van der Waals surface area contributed by atoms with Crippen molar-refractivity contribution in [3.8, 4) is 0 Å². The van der Waals surface area contributed by atoms with Gasteiger partial charge >= 0.3 is 0 Å². The van der Waals surface area contributed by atoms with Crippen LogP contribution in [-0.4, -0.2) is 17.7 Å². The molecule has 4 N–H and O–H groups in total. The molecule has 0 saturated heterocycles. The van der Waals surface area contributed by atoms with E-state index in [1.165, 1.54) is 0 Å². The molecule has 0 heterocycles. The number of amides is 1. The highest BCUT2D eigenvalue weighted by atomic mass is 16.1. The topological polar surface area (TPSA) is 86.2 Å². The van der Waals surface area contributed by atoms with Crippen molar-refractivity contribution in [2.45, 2.75) is 38.6 Å². The maximum absolute atomic E-state index is 10.9. The Labute approximate surface area is 72.3 Å². The molecule has 0 rings (SSSR count). The Morgan fingerprint density at radius 2 is 2.00 bits per heavy atom. The number of carbonyl (C=O) groups excluding carboxylic acids is 2. The summed E-state index contributed by atoms with van der Waals surface area (Å²) in [7, 11) is 0. The predicted octanol–water partition coefficient (Wildman–Crippen LogP) is -0.0516. The molecule has 0 aliphatic rings. The molecule has 0 aromatic heterocycles. The van der Waals surface area contributed by atoms with Gasteiger partial charge in [0.15, 0.2) is 0 Å². The van der Waals surface area contributed by atoms with Crippen molar-refractivity contribution in [1.82, 2.24) is 0 Å². The normalized spacial score (nSPS) is 12.5. The maximum atomic E-state index is 10.9. The Morgan fingerprint density at radius 1 is 1.42 bits per heavy atom. The van der Waals surface area contributed by atoms with E-state index in [0.717, 1.165) is 0 Å². The average Bonchev–Trinajstić information content (AvgIpc) is 2.02. The fourth-order valence-electron chi connectivity index (χ4n) is 0.919. The van der Waals surface area contributed by atoms with Crippen molar-refractivity contribution in [3.63, 3.8) is 0 Å². The van der Waals surface area contributed by atoms with Crippen LogP contribution in [0.2, 0.25) is 0 Å². The molecule has 0 bridgehead atoms. The van der Waals surface area contributed by atoms with Crippen LogP contribution in [-0.2, 0) is 9.59 Å². The number of rotatable bonds is 6. The van der Waals surface area contributed by atoms with Gasteiger partial charge in [-0.05, 0) is 12.8 Å². The van der Waals surface area contributed by atoms with Crippen molar-refractivity contribution in [3.05, 3.63) is 0 Å². The Bertz CT molecular complexity index is 168. The molecule has 1 atom stereocenters. The highest BCUT2D eigenvalue weighted by Crippen LogP contribution is 2.00. The van der Waals surface area contributed by atoms with Crippen LogP contribution >= 0.6 is 0 Å². The van der Waals surface area contributed by atoms with Crippen LogP contribution in [0, 0.1) is 0 Å². The molecule has 0 aliphatic carbocycles. The summed E-state index contributed by atoms with van der Waals surface area (Å²) in [6.45, 7) is 1.77. The zero-order valence-corrected chi connectivity index (χ0v) is 7.38. The van der Waals surface area contributed by atoms with Crippen LogP contribution < -0.4 is 11.5 Å². The Kier molecular flexibility index (Phi) is 5.28. The van der Waals surface area contributed by atoms with Crippen LogP contribution in [0.3, 0.4) is 0 Å². The molecule has 0 aromatic rings. The predicted molar refractivity (Wildman–Crippen MR) is 46.3 cm³/mol. The second kappa shape index (κ2) is 5.71. The van der Waals surface area contributed by atoms with Crippen molar-refractivity contribution < 1.29 is 9.59 Å². The summed E-state index contributed by atoms with van der Waals surface area (Å²) in [6, 6.07) is -0.422. The molecule has 0 aliphatic heterocycles. The van der Waals surface area contributed by atoms with E-state index in [1.807, 2.05) is 0 Å². The molecule has 0 aromatic carbocycles. The zero-order valence-electron chi connectivity index (χ0n) is 7.38. The number of hydrogen-bond acceptors (Lipinski definition) is 3. The van der Waals surface area contributed by atoms with Gasteiger partial charge in [-0.2, -0.15) is 0 Å². The zero-order chi connectivity index (χ0) is 9.56. The fourth-order valence-corrected chi connectivity index (χ4v) is 0.919. The van der Waals surface area contributed by atoms with Crippen molar-refractivity contribution in [2.75, 3.05) is 0 Å². The summed E-state index contributed by atoms with van der Waals surface area (Å²) in [4.78, 5) is 21.3. The van der Waals surface area contributed by atoms with E-state index < -0.39 is 6.04 Å². The van der Waals surface area contributed by atoms with Gasteiger partial charge in [-0.25, -0.2) is 0 Å². The van der Waals surface area contributed by atoms with Gasteiger partial charge in [0.1, 0.15) is 5.78 Å². The number of Topliss-reactive ketones (excluding diaryl/α,β-unsaturated/α-hetero) is 1. The second-order valence-electron chi connectivity index (χ2n) is 2.78. The van der Waals surface area contributed by atoms with Gasteiger partial charge in [-0.3, -0.25) is 9.59 Å². The number of ketones is 1. The largest absolute Gasteiger partial charge is 0.370 e. The fraction of sp³-hybridized carbons (Fsp3) is 0.750. The van der Waals surface area contributed by atoms with E-state index >= 15 is 0 Å². The molecule has 0 spiro atoms. The van der Waals surface area contributed by atoms with Gasteiger partial charge in [-0.1, -0.05) is 6.92 Å². The minimum Gasteiger partial charge on any atom is -0.370 e. The van der Waals surface area contributed by atoms with Gasteiger partial charge in [0.25, 0.3) is 0 Å². The summed E-state index contributed by atoms with van der Waals surface area (Å²) in [5.41, 5.74) is 10.4. The van der Waals surface area contributed by atoms with Crippen molar-refractivity contribution >= 4 is 11.7 Å².